The van der Waals surface area contributed by atoms with Gasteiger partial charge in [0.15, 0.2) is 0 Å². The van der Waals surface area contributed by atoms with Crippen LogP contribution in [0.2, 0.25) is 5.15 Å². The lowest BCUT2D eigenvalue weighted by Gasteiger charge is -2.05. The molecule has 0 aromatic carbocycles. The number of aromatic nitrogens is 1. The van der Waals surface area contributed by atoms with Crippen molar-refractivity contribution in [3.05, 3.63) is 53.9 Å². The van der Waals surface area contributed by atoms with Crippen LogP contribution in [0.25, 0.3) is 0 Å². The molecule has 0 aliphatic rings. The maximum atomic E-state index is 12.0. The van der Waals surface area contributed by atoms with E-state index in [-0.39, 0.29) is 10.7 Å². The summed E-state index contributed by atoms with van der Waals surface area (Å²) in [5, 5.41) is 13.3. The fourth-order valence-corrected chi connectivity index (χ4v) is 3.38. The number of nitrogens with zero attached hydrogens (tertiary/aromatic N) is 2. The third kappa shape index (κ3) is 3.99. The number of hydrogen-bond donors (Lipinski definition) is 1. The first kappa shape index (κ1) is 15.9. The van der Waals surface area contributed by atoms with E-state index >= 15 is 0 Å². The minimum Gasteiger partial charge on any atom is -0.351 e. The second-order valence-electron chi connectivity index (χ2n) is 3.97. The standard InChI is InChI=1S/C12H9BrClN3O3S/c13-9-2-1-7(21-9)3-5-16-12(18)8-4-6-15-11(14)10(8)17(19)20/h1-2,4,6H,3,5H2,(H,16,18). The Bertz CT molecular complexity index is 692. The predicted molar refractivity (Wildman–Crippen MR) is 84.0 cm³/mol. The minimum absolute atomic E-state index is 0.0904. The van der Waals surface area contributed by atoms with Crippen LogP contribution in [-0.2, 0) is 6.42 Å². The molecular weight excluding hydrogens is 382 g/mol. The number of thiophene rings is 1. The second kappa shape index (κ2) is 6.97. The monoisotopic (exact) mass is 389 g/mol. The van der Waals surface area contributed by atoms with E-state index in [9.17, 15) is 14.9 Å². The molecule has 0 saturated heterocycles. The van der Waals surface area contributed by atoms with Crippen LogP contribution >= 0.6 is 38.9 Å². The molecule has 0 radical (unpaired) electrons. The molecule has 2 heterocycles. The van der Waals surface area contributed by atoms with E-state index in [1.54, 1.807) is 11.3 Å². The van der Waals surface area contributed by atoms with Crippen LogP contribution in [0.4, 0.5) is 5.69 Å². The van der Waals surface area contributed by atoms with Crippen molar-refractivity contribution in [2.75, 3.05) is 6.54 Å². The number of halogens is 2. The summed E-state index contributed by atoms with van der Waals surface area (Å²) >= 11 is 10.6. The molecule has 0 fully saturated rings. The van der Waals surface area contributed by atoms with E-state index in [2.05, 4.69) is 26.2 Å². The summed E-state index contributed by atoms with van der Waals surface area (Å²) in [6.07, 6.45) is 1.91. The van der Waals surface area contributed by atoms with Gasteiger partial charge in [0.1, 0.15) is 5.56 Å². The summed E-state index contributed by atoms with van der Waals surface area (Å²) in [5.41, 5.74) is -0.567. The van der Waals surface area contributed by atoms with Gasteiger partial charge in [0, 0.05) is 17.6 Å². The van der Waals surface area contributed by atoms with Crippen molar-refractivity contribution in [3.63, 3.8) is 0 Å². The van der Waals surface area contributed by atoms with E-state index in [1.807, 2.05) is 12.1 Å². The van der Waals surface area contributed by atoms with Crippen LogP contribution in [-0.4, -0.2) is 22.4 Å². The normalized spacial score (nSPS) is 10.4. The van der Waals surface area contributed by atoms with Crippen molar-refractivity contribution in [3.8, 4) is 0 Å². The van der Waals surface area contributed by atoms with Gasteiger partial charge >= 0.3 is 5.69 Å². The summed E-state index contributed by atoms with van der Waals surface area (Å²) < 4.78 is 1.01. The van der Waals surface area contributed by atoms with Gasteiger partial charge in [-0.2, -0.15) is 0 Å². The lowest BCUT2D eigenvalue weighted by molar-refractivity contribution is -0.385. The first-order valence-electron chi connectivity index (χ1n) is 5.80. The molecule has 110 valence electrons. The third-order valence-electron chi connectivity index (χ3n) is 2.59. The largest absolute Gasteiger partial charge is 0.351 e. The SMILES string of the molecule is O=C(NCCc1ccc(Br)s1)c1ccnc(Cl)c1[N+](=O)[O-]. The number of hydrogen-bond acceptors (Lipinski definition) is 5. The molecule has 2 rings (SSSR count). The highest BCUT2D eigenvalue weighted by molar-refractivity contribution is 9.11. The smallest absolute Gasteiger partial charge is 0.319 e. The third-order valence-corrected chi connectivity index (χ3v) is 4.55. The van der Waals surface area contributed by atoms with Crippen molar-refractivity contribution in [2.45, 2.75) is 6.42 Å². The zero-order valence-electron chi connectivity index (χ0n) is 10.5. The van der Waals surface area contributed by atoms with Gasteiger partial charge in [-0.05, 0) is 40.5 Å². The molecule has 0 bridgehead atoms. The molecule has 0 unspecified atom stereocenters. The lowest BCUT2D eigenvalue weighted by atomic mass is 10.2. The molecular formula is C12H9BrClN3O3S. The van der Waals surface area contributed by atoms with Crippen molar-refractivity contribution >= 4 is 50.5 Å². The summed E-state index contributed by atoms with van der Waals surface area (Å²) in [7, 11) is 0. The quantitative estimate of drug-likeness (QED) is 0.481. The zero-order valence-corrected chi connectivity index (χ0v) is 13.7. The van der Waals surface area contributed by atoms with Crippen molar-refractivity contribution in [1.29, 1.82) is 0 Å². The average Bonchev–Trinajstić information content (AvgIpc) is 2.83. The van der Waals surface area contributed by atoms with Gasteiger partial charge in [-0.25, -0.2) is 4.98 Å². The number of carbonyl (C=O) groups is 1. The Labute approximate surface area is 137 Å². The molecule has 0 aliphatic carbocycles. The Balaban J connectivity index is 2.04. The Morgan fingerprint density at radius 3 is 2.86 bits per heavy atom. The number of amides is 1. The molecule has 0 aliphatic heterocycles. The Hall–Kier alpha value is -1.51. The number of nitrogens with one attached hydrogen (secondary N) is 1. The van der Waals surface area contributed by atoms with Gasteiger partial charge in [-0.15, -0.1) is 11.3 Å². The van der Waals surface area contributed by atoms with Gasteiger partial charge < -0.3 is 5.32 Å². The van der Waals surface area contributed by atoms with Crippen LogP contribution in [0.1, 0.15) is 15.2 Å². The number of rotatable bonds is 5. The fourth-order valence-electron chi connectivity index (χ4n) is 1.67. The Kier molecular flexibility index (Phi) is 5.27. The van der Waals surface area contributed by atoms with Crippen LogP contribution in [0, 0.1) is 10.1 Å². The van der Waals surface area contributed by atoms with Crippen LogP contribution in [0.3, 0.4) is 0 Å². The highest BCUT2D eigenvalue weighted by Crippen LogP contribution is 2.26. The Morgan fingerprint density at radius 1 is 1.48 bits per heavy atom. The topological polar surface area (TPSA) is 85.1 Å². The van der Waals surface area contributed by atoms with Crippen molar-refractivity contribution in [1.82, 2.24) is 10.3 Å². The van der Waals surface area contributed by atoms with Gasteiger partial charge in [0.2, 0.25) is 5.15 Å². The summed E-state index contributed by atoms with van der Waals surface area (Å²) in [4.78, 5) is 27.0. The molecule has 0 saturated carbocycles. The van der Waals surface area contributed by atoms with Crippen molar-refractivity contribution in [2.24, 2.45) is 0 Å². The molecule has 2 aromatic rings. The number of nitro groups is 1. The fraction of sp³-hybridized carbons (Fsp3) is 0.167. The van der Waals surface area contributed by atoms with Gasteiger partial charge in [-0.1, -0.05) is 11.6 Å². The second-order valence-corrected chi connectivity index (χ2v) is 6.87. The predicted octanol–water partition coefficient (Wildman–Crippen LogP) is 3.44. The van der Waals surface area contributed by atoms with E-state index in [1.165, 1.54) is 12.3 Å². The molecule has 0 spiro atoms. The first-order chi connectivity index (χ1) is 9.99. The number of pyridine rings is 1. The molecule has 21 heavy (non-hydrogen) atoms. The first-order valence-corrected chi connectivity index (χ1v) is 7.79. The highest BCUT2D eigenvalue weighted by Gasteiger charge is 2.24. The van der Waals surface area contributed by atoms with E-state index in [4.69, 9.17) is 11.6 Å². The minimum atomic E-state index is -0.708. The molecule has 6 nitrogen and oxygen atoms in total. The van der Waals surface area contributed by atoms with Crippen molar-refractivity contribution < 1.29 is 9.72 Å². The average molecular weight is 391 g/mol. The Morgan fingerprint density at radius 2 is 2.24 bits per heavy atom. The summed E-state index contributed by atoms with van der Waals surface area (Å²) in [5.74, 6) is -0.540. The van der Waals surface area contributed by atoms with E-state index < -0.39 is 16.5 Å². The molecule has 1 amide bonds. The van der Waals surface area contributed by atoms with Crippen LogP contribution in [0.5, 0.6) is 0 Å². The van der Waals surface area contributed by atoms with Crippen LogP contribution < -0.4 is 5.32 Å². The summed E-state index contributed by atoms with van der Waals surface area (Å²) in [6, 6.07) is 5.16. The highest BCUT2D eigenvalue weighted by atomic mass is 79.9. The van der Waals surface area contributed by atoms with E-state index in [0.29, 0.717) is 13.0 Å². The van der Waals surface area contributed by atoms with Crippen LogP contribution in [0.15, 0.2) is 28.2 Å². The van der Waals surface area contributed by atoms with Gasteiger partial charge in [-0.3, -0.25) is 14.9 Å². The maximum Gasteiger partial charge on any atom is 0.319 e. The molecule has 9 heteroatoms. The summed E-state index contributed by atoms with van der Waals surface area (Å²) in [6.45, 7) is 0.378. The zero-order chi connectivity index (χ0) is 15.4. The molecule has 1 N–H and O–H groups in total. The van der Waals surface area contributed by atoms with E-state index in [0.717, 1.165) is 8.66 Å². The molecule has 0 atom stereocenters. The van der Waals surface area contributed by atoms with Gasteiger partial charge in [0.25, 0.3) is 5.91 Å². The number of carbonyl (C=O) groups excluding carboxylic acids is 1. The maximum absolute atomic E-state index is 12.0. The lowest BCUT2D eigenvalue weighted by Crippen LogP contribution is -2.26. The van der Waals surface area contributed by atoms with Gasteiger partial charge in [0.05, 0.1) is 8.71 Å². The molecule has 2 aromatic heterocycles.